The monoisotopic (exact) mass is 510 g/mol. The first-order valence-corrected chi connectivity index (χ1v) is 12.6. The van der Waals surface area contributed by atoms with E-state index in [4.69, 9.17) is 0 Å². The Bertz CT molecular complexity index is 1250. The van der Waals surface area contributed by atoms with Crippen LogP contribution in [0.5, 0.6) is 0 Å². The molecule has 0 fully saturated rings. The number of hydrogen-bond donors (Lipinski definition) is 2. The second kappa shape index (κ2) is 11.8. The number of benzene rings is 2. The molecule has 0 aliphatic carbocycles. The van der Waals surface area contributed by atoms with Crippen molar-refractivity contribution >= 4 is 35.0 Å². The highest BCUT2D eigenvalue weighted by molar-refractivity contribution is 7.99. The number of anilines is 1. The zero-order valence-corrected chi connectivity index (χ0v) is 21.8. The van der Waals surface area contributed by atoms with Crippen LogP contribution in [0.15, 0.2) is 47.6 Å². The molecular weight excluding hydrogens is 480 g/mol. The zero-order valence-electron chi connectivity index (χ0n) is 20.9. The number of rotatable bonds is 10. The van der Waals surface area contributed by atoms with Crippen LogP contribution in [0.1, 0.15) is 54.1 Å². The summed E-state index contributed by atoms with van der Waals surface area (Å²) in [4.78, 5) is 36.0. The summed E-state index contributed by atoms with van der Waals surface area (Å²) < 4.78 is 1.87. The Hall–Kier alpha value is -3.73. The van der Waals surface area contributed by atoms with Gasteiger partial charge in [0.1, 0.15) is 0 Å². The average Bonchev–Trinajstić information content (AvgIpc) is 3.22. The first kappa shape index (κ1) is 26.9. The number of nitro benzene ring substituents is 1. The van der Waals surface area contributed by atoms with Crippen LogP contribution in [0.4, 0.5) is 11.4 Å². The Morgan fingerprint density at radius 3 is 2.42 bits per heavy atom. The average molecular weight is 511 g/mol. The summed E-state index contributed by atoms with van der Waals surface area (Å²) in [5, 5.41) is 26.1. The molecule has 0 saturated heterocycles. The molecule has 2 aromatic carbocycles. The van der Waals surface area contributed by atoms with Crippen molar-refractivity contribution in [1.29, 1.82) is 0 Å². The van der Waals surface area contributed by atoms with Crippen LogP contribution < -0.4 is 10.6 Å². The van der Waals surface area contributed by atoms with Crippen molar-refractivity contribution in [3.63, 3.8) is 0 Å². The molecule has 2 N–H and O–H groups in total. The van der Waals surface area contributed by atoms with Crippen LogP contribution in [-0.2, 0) is 11.3 Å². The molecule has 36 heavy (non-hydrogen) atoms. The van der Waals surface area contributed by atoms with Crippen molar-refractivity contribution in [2.24, 2.45) is 5.92 Å². The topological polar surface area (TPSA) is 132 Å². The minimum atomic E-state index is -0.538. The first-order chi connectivity index (χ1) is 17.1. The highest BCUT2D eigenvalue weighted by Gasteiger charge is 2.26. The minimum absolute atomic E-state index is 0.0344. The number of hydrogen-bond acceptors (Lipinski definition) is 7. The molecule has 0 radical (unpaired) electrons. The van der Waals surface area contributed by atoms with E-state index >= 15 is 0 Å². The van der Waals surface area contributed by atoms with Crippen molar-refractivity contribution in [2.75, 3.05) is 11.1 Å². The molecule has 3 aromatic rings. The molecule has 190 valence electrons. The third-order valence-electron chi connectivity index (χ3n) is 5.45. The molecule has 3 rings (SSSR count). The van der Waals surface area contributed by atoms with Gasteiger partial charge in [0.2, 0.25) is 5.91 Å². The van der Waals surface area contributed by atoms with Crippen molar-refractivity contribution in [1.82, 2.24) is 20.1 Å². The second-order valence-electron chi connectivity index (χ2n) is 8.80. The molecular formula is C25H30N6O4S. The van der Waals surface area contributed by atoms with Gasteiger partial charge in [-0.15, -0.1) is 10.2 Å². The van der Waals surface area contributed by atoms with Gasteiger partial charge in [0.25, 0.3) is 11.6 Å². The second-order valence-corrected chi connectivity index (χ2v) is 9.74. The zero-order chi connectivity index (χ0) is 26.4. The van der Waals surface area contributed by atoms with Gasteiger partial charge in [-0.2, -0.15) is 0 Å². The van der Waals surface area contributed by atoms with Crippen molar-refractivity contribution in [3.8, 4) is 0 Å². The van der Waals surface area contributed by atoms with Crippen LogP contribution in [-0.4, -0.2) is 37.3 Å². The Kier molecular flexibility index (Phi) is 8.81. The lowest BCUT2D eigenvalue weighted by Crippen LogP contribution is -2.33. The van der Waals surface area contributed by atoms with Gasteiger partial charge in [0.15, 0.2) is 11.0 Å². The van der Waals surface area contributed by atoms with E-state index < -0.39 is 16.9 Å². The molecule has 0 aliphatic heterocycles. The van der Waals surface area contributed by atoms with Crippen molar-refractivity contribution in [2.45, 2.75) is 52.4 Å². The molecule has 0 unspecified atom stereocenters. The van der Waals surface area contributed by atoms with E-state index in [1.165, 1.54) is 36.0 Å². The predicted molar refractivity (Wildman–Crippen MR) is 139 cm³/mol. The molecule has 0 bridgehead atoms. The normalized spacial score (nSPS) is 11.8. The van der Waals surface area contributed by atoms with Gasteiger partial charge in [-0.3, -0.25) is 19.7 Å². The summed E-state index contributed by atoms with van der Waals surface area (Å²) in [5.74, 6) is 0.0790. The first-order valence-electron chi connectivity index (χ1n) is 11.6. The van der Waals surface area contributed by atoms with E-state index in [0.717, 1.165) is 16.8 Å². The molecule has 2 amide bonds. The van der Waals surface area contributed by atoms with E-state index in [-0.39, 0.29) is 28.8 Å². The third kappa shape index (κ3) is 6.69. The van der Waals surface area contributed by atoms with Gasteiger partial charge in [0, 0.05) is 29.9 Å². The van der Waals surface area contributed by atoms with E-state index in [2.05, 4.69) is 20.8 Å². The highest BCUT2D eigenvalue weighted by atomic mass is 32.2. The number of non-ortho nitro benzene ring substituents is 1. The molecule has 0 aliphatic rings. The van der Waals surface area contributed by atoms with E-state index in [1.54, 1.807) is 0 Å². The fourth-order valence-corrected chi connectivity index (χ4v) is 4.63. The largest absolute Gasteiger partial charge is 0.342 e. The quantitative estimate of drug-likeness (QED) is 0.230. The fraction of sp³-hybridized carbons (Fsp3) is 0.360. The molecule has 11 heteroatoms. The van der Waals surface area contributed by atoms with Crippen molar-refractivity contribution < 1.29 is 14.5 Å². The van der Waals surface area contributed by atoms with Crippen LogP contribution in [0, 0.1) is 29.9 Å². The van der Waals surface area contributed by atoms with Gasteiger partial charge in [-0.1, -0.05) is 37.7 Å². The number of amides is 2. The third-order valence-corrected chi connectivity index (χ3v) is 6.42. The number of nitro groups is 1. The number of aryl methyl sites for hydroxylation is 2. The van der Waals surface area contributed by atoms with Gasteiger partial charge < -0.3 is 15.2 Å². The van der Waals surface area contributed by atoms with E-state index in [1.807, 2.05) is 57.4 Å². The summed E-state index contributed by atoms with van der Waals surface area (Å²) in [5.41, 5.74) is 2.92. The molecule has 0 saturated carbocycles. The lowest BCUT2D eigenvalue weighted by Gasteiger charge is -2.22. The van der Waals surface area contributed by atoms with Gasteiger partial charge >= 0.3 is 0 Å². The maximum Gasteiger partial charge on any atom is 0.270 e. The van der Waals surface area contributed by atoms with Crippen LogP contribution >= 0.6 is 11.8 Å². The van der Waals surface area contributed by atoms with Gasteiger partial charge in [0.05, 0.1) is 16.7 Å². The lowest BCUT2D eigenvalue weighted by atomic mass is 10.0. The maximum absolute atomic E-state index is 12.9. The summed E-state index contributed by atoms with van der Waals surface area (Å²) >= 11 is 1.27. The Morgan fingerprint density at radius 2 is 1.81 bits per heavy atom. The van der Waals surface area contributed by atoms with Crippen LogP contribution in [0.2, 0.25) is 0 Å². The number of nitrogens with one attached hydrogen (secondary N) is 2. The number of nitrogens with zero attached hydrogens (tertiary/aromatic N) is 4. The van der Waals surface area contributed by atoms with Crippen LogP contribution in [0.3, 0.4) is 0 Å². The van der Waals surface area contributed by atoms with E-state index in [9.17, 15) is 19.7 Å². The Morgan fingerprint density at radius 1 is 1.11 bits per heavy atom. The molecule has 1 heterocycles. The van der Waals surface area contributed by atoms with Crippen LogP contribution in [0.25, 0.3) is 0 Å². The highest BCUT2D eigenvalue weighted by Crippen LogP contribution is 2.26. The lowest BCUT2D eigenvalue weighted by molar-refractivity contribution is -0.384. The number of carbonyl (C=O) groups excluding carboxylic acids is 2. The Balaban J connectivity index is 1.73. The standard InChI is InChI=1S/C25H30N6O4S/c1-6-30-23(22(15(2)3)27-24(33)18-8-7-9-20(13-18)31(34)35)28-29-25(30)36-14-21(32)26-19-11-16(4)10-17(5)12-19/h7-13,15,22H,6,14H2,1-5H3,(H,26,32)(H,27,33)/t22-/m0/s1. The summed E-state index contributed by atoms with van der Waals surface area (Å²) in [7, 11) is 0. The molecule has 1 atom stereocenters. The van der Waals surface area contributed by atoms with Crippen molar-refractivity contribution in [3.05, 3.63) is 75.1 Å². The Labute approximate surface area is 214 Å². The number of aromatic nitrogens is 3. The summed E-state index contributed by atoms with van der Waals surface area (Å²) in [6.45, 7) is 10.3. The smallest absolute Gasteiger partial charge is 0.270 e. The SMILES string of the molecule is CCn1c(SCC(=O)Nc2cc(C)cc(C)c2)nnc1[C@@H](NC(=O)c1cccc([N+](=O)[O-])c1)C(C)C. The fourth-order valence-electron chi connectivity index (χ4n) is 3.82. The number of carbonyl (C=O) groups is 2. The molecule has 10 nitrogen and oxygen atoms in total. The van der Waals surface area contributed by atoms with Gasteiger partial charge in [-0.05, 0) is 56.0 Å². The summed E-state index contributed by atoms with van der Waals surface area (Å²) in [6, 6.07) is 11.0. The van der Waals surface area contributed by atoms with Gasteiger partial charge in [-0.25, -0.2) is 0 Å². The predicted octanol–water partition coefficient (Wildman–Crippen LogP) is 4.68. The maximum atomic E-state index is 12.9. The number of thioether (sulfide) groups is 1. The molecule has 0 spiro atoms. The minimum Gasteiger partial charge on any atom is -0.342 e. The molecule has 1 aromatic heterocycles. The summed E-state index contributed by atoms with van der Waals surface area (Å²) in [6.07, 6.45) is 0. The van der Waals surface area contributed by atoms with E-state index in [0.29, 0.717) is 17.5 Å².